The number of anilines is 1. The Kier molecular flexibility index (Phi) is 9.34. The molecule has 0 amide bonds. The summed E-state index contributed by atoms with van der Waals surface area (Å²) in [6, 6.07) is 27.2. The highest BCUT2D eigenvalue weighted by Crippen LogP contribution is 2.48. The van der Waals surface area contributed by atoms with E-state index in [1.54, 1.807) is 0 Å². The van der Waals surface area contributed by atoms with Crippen molar-refractivity contribution in [1.82, 2.24) is 0 Å². The molecule has 0 N–H and O–H groups in total. The lowest BCUT2D eigenvalue weighted by atomic mass is 9.78. The smallest absolute Gasteiger partial charge is 0.209 e. The van der Waals surface area contributed by atoms with E-state index in [2.05, 4.69) is 162 Å². The monoisotopic (exact) mass is 623 g/mol. The van der Waals surface area contributed by atoms with E-state index in [4.69, 9.17) is 0 Å². The first kappa shape index (κ1) is 33.0. The van der Waals surface area contributed by atoms with Gasteiger partial charge in [0, 0.05) is 47.5 Å². The van der Waals surface area contributed by atoms with E-state index >= 15 is 0 Å². The number of para-hydroxylation sites is 2. The molecular weight excluding hydrogens is 569 g/mol. The van der Waals surface area contributed by atoms with Crippen LogP contribution in [0.25, 0.3) is 5.57 Å². The lowest BCUT2D eigenvalue weighted by molar-refractivity contribution is -0.437. The molecular formula is C45H55N2+. The molecule has 0 bridgehead atoms. The van der Waals surface area contributed by atoms with Crippen molar-refractivity contribution in [3.05, 3.63) is 136 Å². The first-order chi connectivity index (χ1) is 22.6. The molecule has 0 aromatic heterocycles. The van der Waals surface area contributed by atoms with Gasteiger partial charge in [-0.25, -0.2) is 0 Å². The molecule has 2 heterocycles. The Hall–Kier alpha value is -3.91. The van der Waals surface area contributed by atoms with Crippen molar-refractivity contribution in [2.75, 3.05) is 18.0 Å². The maximum atomic E-state index is 2.57. The van der Waals surface area contributed by atoms with Gasteiger partial charge in [-0.15, -0.1) is 0 Å². The van der Waals surface area contributed by atoms with Crippen molar-refractivity contribution >= 4 is 22.7 Å². The zero-order valence-corrected chi connectivity index (χ0v) is 30.2. The quantitative estimate of drug-likeness (QED) is 0.215. The maximum Gasteiger partial charge on any atom is 0.209 e. The van der Waals surface area contributed by atoms with Crippen LogP contribution in [-0.2, 0) is 10.8 Å². The van der Waals surface area contributed by atoms with E-state index in [9.17, 15) is 0 Å². The Balaban J connectivity index is 1.51. The standard InChI is InChI=1S/C45H55N2/c1-9-30-46-39-24-15-13-22-37(39)44(5,6)41(46)28-26-33-18-17-19-34(43(33)36-21-12-11-20-35(36)32(3)4)27-29-42-45(7,8)38-23-14-16-25-40(38)47(42)31-10-2/h11-16,20-29,32H,9-10,17-19,30-31H2,1-8H3/q+1. The van der Waals surface area contributed by atoms with Gasteiger partial charge in [0.2, 0.25) is 5.69 Å². The SMILES string of the molecule is CCCN1C(=CC=C2CCCC(C=CC3=[N+](CCC)c4ccccc4C3(C)C)=C2c2ccccc2C(C)C)C(C)(C)c2ccccc21. The normalized spacial score (nSPS) is 20.3. The Morgan fingerprint density at radius 3 is 2.21 bits per heavy atom. The number of rotatable bonds is 9. The van der Waals surface area contributed by atoms with Gasteiger partial charge in [-0.3, -0.25) is 0 Å². The van der Waals surface area contributed by atoms with Crippen LogP contribution in [0.2, 0.25) is 0 Å². The first-order valence-electron chi connectivity index (χ1n) is 18.1. The molecule has 2 aliphatic heterocycles. The van der Waals surface area contributed by atoms with Gasteiger partial charge in [0.05, 0.1) is 5.41 Å². The summed E-state index contributed by atoms with van der Waals surface area (Å²) in [5.41, 5.74) is 15.5. The van der Waals surface area contributed by atoms with E-state index in [0.717, 1.165) is 38.8 Å². The molecule has 3 aromatic carbocycles. The maximum absolute atomic E-state index is 2.57. The van der Waals surface area contributed by atoms with Gasteiger partial charge in [-0.1, -0.05) is 114 Å². The minimum Gasteiger partial charge on any atom is -0.344 e. The molecule has 3 aliphatic rings. The highest BCUT2D eigenvalue weighted by Gasteiger charge is 2.44. The zero-order chi connectivity index (χ0) is 33.3. The van der Waals surface area contributed by atoms with E-state index in [1.165, 1.54) is 68.2 Å². The second-order valence-corrected chi connectivity index (χ2v) is 15.0. The molecule has 3 aromatic rings. The molecule has 2 heteroatoms. The van der Waals surface area contributed by atoms with E-state index in [0.29, 0.717) is 5.92 Å². The molecule has 0 unspecified atom stereocenters. The molecule has 47 heavy (non-hydrogen) atoms. The average molecular weight is 624 g/mol. The van der Waals surface area contributed by atoms with Crippen LogP contribution in [0.15, 0.2) is 114 Å². The largest absolute Gasteiger partial charge is 0.344 e. The van der Waals surface area contributed by atoms with Crippen LogP contribution in [0.4, 0.5) is 11.4 Å². The fraction of sp³-hybridized carbons (Fsp3) is 0.400. The summed E-state index contributed by atoms with van der Waals surface area (Å²) < 4.78 is 2.57. The lowest BCUT2D eigenvalue weighted by Gasteiger charge is -2.28. The van der Waals surface area contributed by atoms with Crippen LogP contribution < -0.4 is 4.90 Å². The number of hydrogen-bond donors (Lipinski definition) is 0. The molecule has 244 valence electrons. The van der Waals surface area contributed by atoms with Crippen molar-refractivity contribution in [1.29, 1.82) is 0 Å². The second-order valence-electron chi connectivity index (χ2n) is 15.0. The highest BCUT2D eigenvalue weighted by molar-refractivity contribution is 6.03. The fourth-order valence-corrected chi connectivity index (χ4v) is 8.40. The van der Waals surface area contributed by atoms with Crippen molar-refractivity contribution in [3.63, 3.8) is 0 Å². The van der Waals surface area contributed by atoms with Crippen molar-refractivity contribution in [3.8, 4) is 0 Å². The second kappa shape index (κ2) is 13.3. The molecule has 1 aliphatic carbocycles. The molecule has 6 rings (SSSR count). The van der Waals surface area contributed by atoms with Crippen LogP contribution in [0.1, 0.15) is 116 Å². The van der Waals surface area contributed by atoms with Crippen LogP contribution in [0.3, 0.4) is 0 Å². The fourth-order valence-electron chi connectivity index (χ4n) is 8.40. The summed E-state index contributed by atoms with van der Waals surface area (Å²) in [5, 5.41) is 0. The summed E-state index contributed by atoms with van der Waals surface area (Å²) in [6.07, 6.45) is 15.5. The third-order valence-electron chi connectivity index (χ3n) is 10.8. The van der Waals surface area contributed by atoms with Gasteiger partial charge < -0.3 is 4.90 Å². The molecule has 0 fully saturated rings. The Bertz CT molecular complexity index is 1800. The third kappa shape index (κ3) is 5.90. The minimum absolute atomic E-state index is 0.0393. The molecule has 0 spiro atoms. The van der Waals surface area contributed by atoms with Gasteiger partial charge in [0.15, 0.2) is 5.71 Å². The third-order valence-corrected chi connectivity index (χ3v) is 10.8. The van der Waals surface area contributed by atoms with E-state index < -0.39 is 0 Å². The average Bonchev–Trinajstić information content (AvgIpc) is 3.41. The number of nitrogens with zero attached hydrogens (tertiary/aromatic N) is 2. The van der Waals surface area contributed by atoms with Gasteiger partial charge in [-0.05, 0) is 91.0 Å². The summed E-state index contributed by atoms with van der Waals surface area (Å²) in [6.45, 7) is 20.9. The first-order valence-corrected chi connectivity index (χ1v) is 18.1. The number of hydrogen-bond acceptors (Lipinski definition) is 1. The van der Waals surface area contributed by atoms with Gasteiger partial charge in [0.1, 0.15) is 6.54 Å². The minimum atomic E-state index is -0.0393. The van der Waals surface area contributed by atoms with E-state index in [1.807, 2.05) is 0 Å². The van der Waals surface area contributed by atoms with Crippen molar-refractivity contribution in [2.24, 2.45) is 0 Å². The van der Waals surface area contributed by atoms with Crippen molar-refractivity contribution < 1.29 is 4.58 Å². The molecule has 0 atom stereocenters. The summed E-state index contributed by atoms with van der Waals surface area (Å²) in [4.78, 5) is 2.57. The predicted molar refractivity (Wildman–Crippen MR) is 203 cm³/mol. The zero-order valence-electron chi connectivity index (χ0n) is 30.2. The predicted octanol–water partition coefficient (Wildman–Crippen LogP) is 11.8. The van der Waals surface area contributed by atoms with E-state index in [-0.39, 0.29) is 10.8 Å². The summed E-state index contributed by atoms with van der Waals surface area (Å²) in [7, 11) is 0. The lowest BCUT2D eigenvalue weighted by Crippen LogP contribution is -2.28. The summed E-state index contributed by atoms with van der Waals surface area (Å²) in [5.74, 6) is 0.450. The summed E-state index contributed by atoms with van der Waals surface area (Å²) >= 11 is 0. The van der Waals surface area contributed by atoms with Crippen LogP contribution >= 0.6 is 0 Å². The Labute approximate surface area is 284 Å². The van der Waals surface area contributed by atoms with Gasteiger partial charge >= 0.3 is 0 Å². The van der Waals surface area contributed by atoms with Crippen molar-refractivity contribution in [2.45, 2.75) is 104 Å². The Morgan fingerprint density at radius 1 is 0.766 bits per heavy atom. The van der Waals surface area contributed by atoms with Crippen LogP contribution in [0.5, 0.6) is 0 Å². The number of allylic oxidation sites excluding steroid dienone is 8. The molecule has 0 radical (unpaired) electrons. The van der Waals surface area contributed by atoms with Gasteiger partial charge in [-0.2, -0.15) is 4.58 Å². The number of fused-ring (bicyclic) bond motifs is 2. The molecule has 2 nitrogen and oxygen atoms in total. The van der Waals surface area contributed by atoms with Crippen LogP contribution in [0, 0.1) is 0 Å². The molecule has 0 saturated carbocycles. The topological polar surface area (TPSA) is 6.25 Å². The Morgan fingerprint density at radius 2 is 1.47 bits per heavy atom. The number of benzene rings is 3. The highest BCUT2D eigenvalue weighted by atomic mass is 15.2. The van der Waals surface area contributed by atoms with Crippen LogP contribution in [-0.4, -0.2) is 23.4 Å². The van der Waals surface area contributed by atoms with Gasteiger partial charge in [0.25, 0.3) is 0 Å². The molecule has 0 saturated heterocycles.